The van der Waals surface area contributed by atoms with Gasteiger partial charge >= 0.3 is 0 Å². The highest BCUT2D eigenvalue weighted by atomic mass is 35.5. The third kappa shape index (κ3) is 4.38. The summed E-state index contributed by atoms with van der Waals surface area (Å²) in [6, 6.07) is 7.10. The van der Waals surface area contributed by atoms with Gasteiger partial charge in [-0.2, -0.15) is 16.1 Å². The quantitative estimate of drug-likeness (QED) is 0.783. The lowest BCUT2D eigenvalue weighted by molar-refractivity contribution is 0.415. The van der Waals surface area contributed by atoms with Crippen LogP contribution < -0.4 is 0 Å². The first kappa shape index (κ1) is 17.1. The average molecular weight is 348 g/mol. The average Bonchev–Trinajstić information content (AvgIpc) is 2.61. The van der Waals surface area contributed by atoms with Crippen LogP contribution in [-0.2, 0) is 16.4 Å². The van der Waals surface area contributed by atoms with Crippen LogP contribution in [0.15, 0.2) is 29.2 Å². The van der Waals surface area contributed by atoms with Crippen LogP contribution in [0.1, 0.15) is 25.8 Å². The van der Waals surface area contributed by atoms with E-state index in [1.165, 1.54) is 0 Å². The monoisotopic (exact) mass is 347 g/mol. The maximum Gasteiger partial charge on any atom is 0.243 e. The first-order chi connectivity index (χ1) is 9.85. The first-order valence-corrected chi connectivity index (χ1v) is 10.1. The molecule has 0 aromatic heterocycles. The zero-order chi connectivity index (χ0) is 15.5. The Morgan fingerprint density at radius 3 is 2.52 bits per heavy atom. The van der Waals surface area contributed by atoms with Crippen LogP contribution in [-0.4, -0.2) is 42.2 Å². The Balaban J connectivity index is 2.17. The number of nitrogens with zero attached hydrogens (tertiary/aromatic N) is 1. The summed E-state index contributed by atoms with van der Waals surface area (Å²) >= 11 is 7.55. The van der Waals surface area contributed by atoms with Gasteiger partial charge in [-0.05, 0) is 30.5 Å². The highest BCUT2D eigenvalue weighted by molar-refractivity contribution is 8.00. The van der Waals surface area contributed by atoms with Gasteiger partial charge in [0.1, 0.15) is 0 Å². The molecule has 118 valence electrons. The molecular formula is C15H22ClNO2S2. The molecule has 0 radical (unpaired) electrons. The highest BCUT2D eigenvalue weighted by Gasteiger charge is 2.30. The van der Waals surface area contributed by atoms with E-state index in [1.54, 1.807) is 16.4 Å². The molecule has 2 rings (SSSR count). The molecule has 0 amide bonds. The summed E-state index contributed by atoms with van der Waals surface area (Å²) in [5.74, 6) is 1.39. The number of aryl methyl sites for hydroxylation is 1. The molecule has 1 aliphatic heterocycles. The minimum atomic E-state index is -3.38. The van der Waals surface area contributed by atoms with Gasteiger partial charge in [0.05, 0.1) is 4.90 Å². The van der Waals surface area contributed by atoms with E-state index in [2.05, 4.69) is 13.8 Å². The van der Waals surface area contributed by atoms with Gasteiger partial charge in [-0.3, -0.25) is 0 Å². The molecule has 0 bridgehead atoms. The molecule has 0 atom stereocenters. The van der Waals surface area contributed by atoms with Crippen molar-refractivity contribution in [1.82, 2.24) is 4.31 Å². The molecule has 3 nitrogen and oxygen atoms in total. The summed E-state index contributed by atoms with van der Waals surface area (Å²) in [5, 5.41) is 0. The molecule has 0 unspecified atom stereocenters. The van der Waals surface area contributed by atoms with E-state index in [9.17, 15) is 8.42 Å². The van der Waals surface area contributed by atoms with Crippen LogP contribution in [0.2, 0.25) is 0 Å². The minimum absolute atomic E-state index is 0.147. The number of hydrogen-bond donors (Lipinski definition) is 0. The summed E-state index contributed by atoms with van der Waals surface area (Å²) in [6.45, 7) is 5.52. The second-order valence-electron chi connectivity index (χ2n) is 5.85. The van der Waals surface area contributed by atoms with E-state index < -0.39 is 10.0 Å². The van der Waals surface area contributed by atoms with Crippen molar-refractivity contribution in [1.29, 1.82) is 0 Å². The van der Waals surface area contributed by atoms with E-state index in [1.807, 2.05) is 23.9 Å². The lowest BCUT2D eigenvalue weighted by Gasteiger charge is -2.22. The second-order valence-corrected chi connectivity index (χ2v) is 9.96. The van der Waals surface area contributed by atoms with E-state index in [0.717, 1.165) is 24.2 Å². The SMILES string of the molecule is CC1(C)CCN(S(=O)(=O)c2ccc(CCCl)cc2)CCS1. The van der Waals surface area contributed by atoms with Crippen molar-refractivity contribution in [3.63, 3.8) is 0 Å². The van der Waals surface area contributed by atoms with Crippen LogP contribution in [0.3, 0.4) is 0 Å². The Bertz CT molecular complexity index is 570. The third-order valence-electron chi connectivity index (χ3n) is 3.74. The number of hydrogen-bond acceptors (Lipinski definition) is 3. The Morgan fingerprint density at radius 2 is 1.90 bits per heavy atom. The van der Waals surface area contributed by atoms with Crippen molar-refractivity contribution in [2.24, 2.45) is 0 Å². The summed E-state index contributed by atoms with van der Waals surface area (Å²) in [6.07, 6.45) is 1.64. The van der Waals surface area contributed by atoms with Crippen molar-refractivity contribution < 1.29 is 8.42 Å². The van der Waals surface area contributed by atoms with Gasteiger partial charge in [0.25, 0.3) is 0 Å². The molecule has 1 aliphatic rings. The standard InChI is InChI=1S/C15H22ClNO2S2/c1-15(2)8-10-17(11-12-20-15)21(18,19)14-5-3-13(4-6-14)7-9-16/h3-6H,7-12H2,1-2H3. The molecule has 0 saturated carbocycles. The molecule has 0 N–H and O–H groups in total. The molecule has 6 heteroatoms. The zero-order valence-electron chi connectivity index (χ0n) is 12.5. The summed E-state index contributed by atoms with van der Waals surface area (Å²) < 4.78 is 27.2. The number of halogens is 1. The fourth-order valence-electron chi connectivity index (χ4n) is 2.33. The largest absolute Gasteiger partial charge is 0.243 e. The van der Waals surface area contributed by atoms with Crippen molar-refractivity contribution in [3.05, 3.63) is 29.8 Å². The molecule has 1 aromatic rings. The Kier molecular flexibility index (Phi) is 5.63. The normalized spacial score (nSPS) is 20.1. The van der Waals surface area contributed by atoms with Crippen molar-refractivity contribution in [2.75, 3.05) is 24.7 Å². The summed E-state index contributed by atoms with van der Waals surface area (Å²) in [5.41, 5.74) is 1.07. The molecule has 1 aromatic carbocycles. The Morgan fingerprint density at radius 1 is 1.24 bits per heavy atom. The predicted octanol–water partition coefficient (Wildman–Crippen LogP) is 3.37. The van der Waals surface area contributed by atoms with Gasteiger partial charge in [0.2, 0.25) is 10.0 Å². The number of thioether (sulfide) groups is 1. The summed E-state index contributed by atoms with van der Waals surface area (Å²) in [7, 11) is -3.38. The molecule has 21 heavy (non-hydrogen) atoms. The fraction of sp³-hybridized carbons (Fsp3) is 0.600. The molecule has 1 fully saturated rings. The molecule has 1 saturated heterocycles. The van der Waals surface area contributed by atoms with E-state index >= 15 is 0 Å². The number of alkyl halides is 1. The van der Waals surface area contributed by atoms with Crippen molar-refractivity contribution in [3.8, 4) is 0 Å². The number of benzene rings is 1. The second kappa shape index (κ2) is 6.90. The number of sulfonamides is 1. The van der Waals surface area contributed by atoms with Gasteiger partial charge < -0.3 is 0 Å². The third-order valence-corrected chi connectivity index (χ3v) is 7.22. The summed E-state index contributed by atoms with van der Waals surface area (Å²) in [4.78, 5) is 0.380. The van der Waals surface area contributed by atoms with E-state index in [-0.39, 0.29) is 4.75 Å². The topological polar surface area (TPSA) is 37.4 Å². The number of rotatable bonds is 4. The first-order valence-electron chi connectivity index (χ1n) is 7.14. The predicted molar refractivity (Wildman–Crippen MR) is 90.8 cm³/mol. The van der Waals surface area contributed by atoms with Crippen LogP contribution in [0.25, 0.3) is 0 Å². The zero-order valence-corrected chi connectivity index (χ0v) is 14.9. The maximum absolute atomic E-state index is 12.7. The molecule has 0 spiro atoms. The van der Waals surface area contributed by atoms with Gasteiger partial charge in [0.15, 0.2) is 0 Å². The lowest BCUT2D eigenvalue weighted by Crippen LogP contribution is -2.33. The van der Waals surface area contributed by atoms with Crippen molar-refractivity contribution >= 4 is 33.4 Å². The lowest BCUT2D eigenvalue weighted by atomic mass is 10.1. The van der Waals surface area contributed by atoms with Crippen LogP contribution in [0.5, 0.6) is 0 Å². The van der Waals surface area contributed by atoms with Crippen molar-refractivity contribution in [2.45, 2.75) is 36.3 Å². The minimum Gasteiger partial charge on any atom is -0.207 e. The molecule has 1 heterocycles. The van der Waals surface area contributed by atoms with Crippen LogP contribution in [0, 0.1) is 0 Å². The maximum atomic E-state index is 12.7. The van der Waals surface area contributed by atoms with Crippen LogP contribution in [0.4, 0.5) is 0 Å². The molecule has 0 aliphatic carbocycles. The Hall–Kier alpha value is -0.230. The smallest absolute Gasteiger partial charge is 0.207 e. The van der Waals surface area contributed by atoms with Gasteiger partial charge in [-0.25, -0.2) is 8.42 Å². The van der Waals surface area contributed by atoms with Gasteiger partial charge in [0, 0.05) is 29.5 Å². The Labute approximate surface area is 137 Å². The van der Waals surface area contributed by atoms with E-state index in [0.29, 0.717) is 23.9 Å². The van der Waals surface area contributed by atoms with Crippen LogP contribution >= 0.6 is 23.4 Å². The highest BCUT2D eigenvalue weighted by Crippen LogP contribution is 2.32. The van der Waals surface area contributed by atoms with Gasteiger partial charge in [-0.1, -0.05) is 26.0 Å². The molecular weight excluding hydrogens is 326 g/mol. The fourth-order valence-corrected chi connectivity index (χ4v) is 5.20. The van der Waals surface area contributed by atoms with Gasteiger partial charge in [-0.15, -0.1) is 11.6 Å². The van der Waals surface area contributed by atoms with E-state index in [4.69, 9.17) is 11.6 Å².